The van der Waals surface area contributed by atoms with Gasteiger partial charge in [0.05, 0.1) is 23.7 Å². The SMILES string of the molecule is Cn1cc(S(=O)(=O)NCc2ccncn2)cc1CO. The molecule has 0 amide bonds. The van der Waals surface area contributed by atoms with Crippen LogP contribution < -0.4 is 4.72 Å². The maximum absolute atomic E-state index is 12.0. The summed E-state index contributed by atoms with van der Waals surface area (Å²) in [4.78, 5) is 7.80. The Kier molecular flexibility index (Phi) is 3.93. The lowest BCUT2D eigenvalue weighted by atomic mass is 10.4. The number of aryl methyl sites for hydroxylation is 1. The third kappa shape index (κ3) is 3.16. The molecule has 2 aromatic heterocycles. The van der Waals surface area contributed by atoms with Gasteiger partial charge in [-0.25, -0.2) is 23.1 Å². The van der Waals surface area contributed by atoms with Crippen molar-refractivity contribution in [2.75, 3.05) is 0 Å². The Morgan fingerprint density at radius 2 is 2.26 bits per heavy atom. The van der Waals surface area contributed by atoms with E-state index in [1.165, 1.54) is 18.6 Å². The highest BCUT2D eigenvalue weighted by molar-refractivity contribution is 7.89. The first-order valence-electron chi connectivity index (χ1n) is 5.53. The van der Waals surface area contributed by atoms with Crippen LogP contribution in [0.5, 0.6) is 0 Å². The molecular formula is C11H14N4O3S. The van der Waals surface area contributed by atoms with E-state index in [9.17, 15) is 8.42 Å². The Bertz CT molecular complexity index is 652. The molecule has 19 heavy (non-hydrogen) atoms. The Labute approximate surface area is 111 Å². The van der Waals surface area contributed by atoms with Crippen LogP contribution in [0.25, 0.3) is 0 Å². The molecule has 0 unspecified atom stereocenters. The number of nitrogens with one attached hydrogen (secondary N) is 1. The van der Waals surface area contributed by atoms with Crippen LogP contribution in [0.1, 0.15) is 11.4 Å². The summed E-state index contributed by atoms with van der Waals surface area (Å²) in [6.45, 7) is -0.119. The van der Waals surface area contributed by atoms with Gasteiger partial charge in [0.15, 0.2) is 0 Å². The van der Waals surface area contributed by atoms with Crippen molar-refractivity contribution in [1.82, 2.24) is 19.3 Å². The third-order valence-electron chi connectivity index (χ3n) is 2.64. The third-order valence-corrected chi connectivity index (χ3v) is 4.01. The normalized spacial score (nSPS) is 11.7. The van der Waals surface area contributed by atoms with Crippen LogP contribution in [-0.2, 0) is 30.2 Å². The lowest BCUT2D eigenvalue weighted by Crippen LogP contribution is -2.23. The van der Waals surface area contributed by atoms with E-state index in [2.05, 4.69) is 14.7 Å². The van der Waals surface area contributed by atoms with Gasteiger partial charge in [-0.2, -0.15) is 0 Å². The molecule has 2 heterocycles. The van der Waals surface area contributed by atoms with Gasteiger partial charge in [0.2, 0.25) is 10.0 Å². The van der Waals surface area contributed by atoms with E-state index >= 15 is 0 Å². The van der Waals surface area contributed by atoms with Gasteiger partial charge in [-0.15, -0.1) is 0 Å². The summed E-state index contributed by atoms with van der Waals surface area (Å²) in [6.07, 6.45) is 4.35. The molecule has 0 bridgehead atoms. The summed E-state index contributed by atoms with van der Waals surface area (Å²) in [5.41, 5.74) is 1.11. The maximum Gasteiger partial charge on any atom is 0.242 e. The number of aliphatic hydroxyl groups excluding tert-OH is 1. The van der Waals surface area contributed by atoms with Crippen LogP contribution in [0.3, 0.4) is 0 Å². The molecule has 0 saturated carbocycles. The molecule has 2 N–H and O–H groups in total. The van der Waals surface area contributed by atoms with Gasteiger partial charge in [-0.3, -0.25) is 0 Å². The van der Waals surface area contributed by atoms with Crippen LogP contribution in [0.4, 0.5) is 0 Å². The van der Waals surface area contributed by atoms with E-state index in [1.807, 2.05) is 0 Å². The smallest absolute Gasteiger partial charge is 0.242 e. The summed E-state index contributed by atoms with van der Waals surface area (Å²) >= 11 is 0. The highest BCUT2D eigenvalue weighted by Crippen LogP contribution is 2.13. The largest absolute Gasteiger partial charge is 0.390 e. The zero-order valence-corrected chi connectivity index (χ0v) is 11.1. The van der Waals surface area contributed by atoms with Gasteiger partial charge in [-0.05, 0) is 12.1 Å². The van der Waals surface area contributed by atoms with Gasteiger partial charge in [0.1, 0.15) is 6.33 Å². The van der Waals surface area contributed by atoms with Crippen LogP contribution in [0.2, 0.25) is 0 Å². The minimum absolute atomic E-state index is 0.0915. The summed E-state index contributed by atoms with van der Waals surface area (Å²) in [5.74, 6) is 0. The van der Waals surface area contributed by atoms with Crippen molar-refractivity contribution in [2.24, 2.45) is 7.05 Å². The fourth-order valence-electron chi connectivity index (χ4n) is 1.56. The molecule has 0 aliphatic rings. The Morgan fingerprint density at radius 1 is 1.47 bits per heavy atom. The molecule has 0 aliphatic heterocycles. The summed E-state index contributed by atoms with van der Waals surface area (Å²) in [7, 11) is -1.94. The Morgan fingerprint density at radius 3 is 2.84 bits per heavy atom. The number of aliphatic hydroxyl groups is 1. The molecule has 102 valence electrons. The van der Waals surface area contributed by atoms with Gasteiger partial charge in [0.25, 0.3) is 0 Å². The van der Waals surface area contributed by atoms with E-state index in [-0.39, 0.29) is 18.0 Å². The molecule has 7 nitrogen and oxygen atoms in total. The predicted molar refractivity (Wildman–Crippen MR) is 67.4 cm³/mol. The van der Waals surface area contributed by atoms with Crippen molar-refractivity contribution in [1.29, 1.82) is 0 Å². The summed E-state index contributed by atoms with van der Waals surface area (Å²) in [6, 6.07) is 3.06. The molecule has 2 rings (SSSR count). The van der Waals surface area contributed by atoms with Gasteiger partial charge in [-0.1, -0.05) is 0 Å². The average molecular weight is 282 g/mol. The quantitative estimate of drug-likeness (QED) is 0.790. The van der Waals surface area contributed by atoms with E-state index < -0.39 is 10.0 Å². The van der Waals surface area contributed by atoms with Gasteiger partial charge >= 0.3 is 0 Å². The van der Waals surface area contributed by atoms with Crippen molar-refractivity contribution in [3.05, 3.63) is 42.2 Å². The summed E-state index contributed by atoms with van der Waals surface area (Å²) in [5, 5.41) is 9.05. The number of rotatable bonds is 5. The molecule has 8 heteroatoms. The monoisotopic (exact) mass is 282 g/mol. The maximum atomic E-state index is 12.0. The fourth-order valence-corrected chi connectivity index (χ4v) is 2.65. The van der Waals surface area contributed by atoms with E-state index in [0.717, 1.165) is 0 Å². The molecule has 0 aliphatic carbocycles. The summed E-state index contributed by atoms with van der Waals surface area (Å²) < 4.78 is 28.1. The van der Waals surface area contributed by atoms with Crippen molar-refractivity contribution in [3.8, 4) is 0 Å². The van der Waals surface area contributed by atoms with E-state index in [1.54, 1.807) is 23.9 Å². The first kappa shape index (κ1) is 13.7. The highest BCUT2D eigenvalue weighted by Gasteiger charge is 2.17. The van der Waals surface area contributed by atoms with Gasteiger partial charge < -0.3 is 9.67 Å². The zero-order valence-electron chi connectivity index (χ0n) is 10.3. The van der Waals surface area contributed by atoms with Crippen molar-refractivity contribution >= 4 is 10.0 Å². The molecule has 0 fully saturated rings. The minimum Gasteiger partial charge on any atom is -0.390 e. The number of hydrogen-bond acceptors (Lipinski definition) is 5. The van der Waals surface area contributed by atoms with Crippen LogP contribution in [0.15, 0.2) is 35.7 Å². The second-order valence-electron chi connectivity index (χ2n) is 3.96. The first-order chi connectivity index (χ1) is 9.03. The molecule has 0 aromatic carbocycles. The molecule has 0 spiro atoms. The molecule has 0 radical (unpaired) electrons. The standard InChI is InChI=1S/C11H14N4O3S/c1-15-6-11(4-10(15)7-16)19(17,18)14-5-9-2-3-12-8-13-9/h2-4,6,8,14,16H,5,7H2,1H3. The lowest BCUT2D eigenvalue weighted by Gasteiger charge is -2.03. The zero-order chi connectivity index (χ0) is 13.9. The van der Waals surface area contributed by atoms with E-state index in [0.29, 0.717) is 11.4 Å². The molecule has 2 aromatic rings. The number of sulfonamides is 1. The van der Waals surface area contributed by atoms with Crippen LogP contribution in [-0.4, -0.2) is 28.1 Å². The molecular weight excluding hydrogens is 268 g/mol. The number of aromatic nitrogens is 3. The second kappa shape index (κ2) is 5.47. The highest BCUT2D eigenvalue weighted by atomic mass is 32.2. The van der Waals surface area contributed by atoms with Crippen LogP contribution in [0, 0.1) is 0 Å². The minimum atomic E-state index is -3.61. The second-order valence-corrected chi connectivity index (χ2v) is 5.73. The lowest BCUT2D eigenvalue weighted by molar-refractivity contribution is 0.272. The fraction of sp³-hybridized carbons (Fsp3) is 0.273. The number of nitrogens with zero attached hydrogens (tertiary/aromatic N) is 3. The topological polar surface area (TPSA) is 97.1 Å². The van der Waals surface area contributed by atoms with Crippen molar-refractivity contribution in [3.63, 3.8) is 0 Å². The first-order valence-corrected chi connectivity index (χ1v) is 7.02. The predicted octanol–water partition coefficient (Wildman–Crippen LogP) is -0.214. The molecule has 0 atom stereocenters. The van der Waals surface area contributed by atoms with Crippen molar-refractivity contribution < 1.29 is 13.5 Å². The van der Waals surface area contributed by atoms with Crippen molar-refractivity contribution in [2.45, 2.75) is 18.0 Å². The Hall–Kier alpha value is -1.77. The molecule has 0 saturated heterocycles. The Balaban J connectivity index is 2.14. The van der Waals surface area contributed by atoms with Gasteiger partial charge in [0, 0.05) is 25.1 Å². The van der Waals surface area contributed by atoms with Crippen LogP contribution >= 0.6 is 0 Å². The average Bonchev–Trinajstić information content (AvgIpc) is 2.80. The van der Waals surface area contributed by atoms with E-state index in [4.69, 9.17) is 5.11 Å². The number of hydrogen-bond donors (Lipinski definition) is 2.